The Morgan fingerprint density at radius 3 is 2.64 bits per heavy atom. The first kappa shape index (κ1) is 18.5. The highest BCUT2D eigenvalue weighted by Gasteiger charge is 2.17. The van der Waals surface area contributed by atoms with E-state index in [-0.39, 0.29) is 12.6 Å². The molecule has 3 aromatic rings. The van der Waals surface area contributed by atoms with E-state index in [0.29, 0.717) is 19.6 Å². The first-order valence-corrected chi connectivity index (χ1v) is 9.29. The maximum absolute atomic E-state index is 13.3. The Bertz CT molecular complexity index is 937. The van der Waals surface area contributed by atoms with Crippen LogP contribution in [0.1, 0.15) is 18.2 Å². The zero-order valence-corrected chi connectivity index (χ0v) is 15.7. The molecule has 1 unspecified atom stereocenters. The number of hydrogen-bond acceptors (Lipinski definition) is 4. The molecule has 1 atom stereocenters. The van der Waals surface area contributed by atoms with Crippen LogP contribution in [0.15, 0.2) is 60.8 Å². The Labute approximate surface area is 163 Å². The summed E-state index contributed by atoms with van der Waals surface area (Å²) in [6, 6.07) is 16.4. The average molecular weight is 382 g/mol. The van der Waals surface area contributed by atoms with E-state index in [1.54, 1.807) is 19.1 Å². The van der Waals surface area contributed by atoms with Crippen molar-refractivity contribution in [3.8, 4) is 17.2 Å². The zero-order valence-electron chi connectivity index (χ0n) is 15.7. The Morgan fingerprint density at radius 1 is 1.07 bits per heavy atom. The van der Waals surface area contributed by atoms with Crippen molar-refractivity contribution in [1.82, 2.24) is 9.47 Å². The number of nitrogens with zero attached hydrogens (tertiary/aromatic N) is 2. The van der Waals surface area contributed by atoms with E-state index in [1.807, 2.05) is 41.1 Å². The molecule has 1 N–H and O–H groups in total. The van der Waals surface area contributed by atoms with Crippen LogP contribution >= 0.6 is 0 Å². The van der Waals surface area contributed by atoms with E-state index in [1.165, 1.54) is 12.1 Å². The molecule has 2 aromatic carbocycles. The van der Waals surface area contributed by atoms with Gasteiger partial charge >= 0.3 is 0 Å². The van der Waals surface area contributed by atoms with Gasteiger partial charge in [0.2, 0.25) is 6.79 Å². The Kier molecular flexibility index (Phi) is 5.32. The van der Waals surface area contributed by atoms with Crippen molar-refractivity contribution >= 4 is 0 Å². The summed E-state index contributed by atoms with van der Waals surface area (Å²) in [5.41, 5.74) is 3.05. The highest BCUT2D eigenvalue weighted by Crippen LogP contribution is 2.33. The lowest BCUT2D eigenvalue weighted by atomic mass is 10.1. The molecule has 2 heterocycles. The van der Waals surface area contributed by atoms with Crippen LogP contribution in [0.4, 0.5) is 4.39 Å². The molecular weight excluding hydrogens is 359 g/mol. The second-order valence-electron chi connectivity index (χ2n) is 7.05. The maximum Gasteiger partial charge on any atom is 0.231 e. The molecule has 0 radical (unpaired) electrons. The molecule has 0 aliphatic carbocycles. The van der Waals surface area contributed by atoms with Gasteiger partial charge in [0.1, 0.15) is 5.82 Å². The quantitative estimate of drug-likeness (QED) is 0.676. The van der Waals surface area contributed by atoms with Gasteiger partial charge in [0.05, 0.1) is 6.10 Å². The molecule has 4 rings (SSSR count). The minimum absolute atomic E-state index is 0.251. The standard InChI is InChI=1S/C22H23FN2O3/c1-16(26)12-24(13-17-4-9-21-22(11-17)28-15-27-21)14-20-3-2-10-25(20)19-7-5-18(23)6-8-19/h2-11,16,26H,12-15H2,1H3. The molecule has 0 bridgehead atoms. The zero-order chi connectivity index (χ0) is 19.5. The Morgan fingerprint density at radius 2 is 1.86 bits per heavy atom. The fourth-order valence-corrected chi connectivity index (χ4v) is 3.48. The lowest BCUT2D eigenvalue weighted by Crippen LogP contribution is -2.31. The van der Waals surface area contributed by atoms with Crippen molar-refractivity contribution in [3.63, 3.8) is 0 Å². The van der Waals surface area contributed by atoms with E-state index >= 15 is 0 Å². The lowest BCUT2D eigenvalue weighted by molar-refractivity contribution is 0.117. The lowest BCUT2D eigenvalue weighted by Gasteiger charge is -2.25. The van der Waals surface area contributed by atoms with E-state index in [0.717, 1.165) is 28.4 Å². The third kappa shape index (κ3) is 4.18. The number of aliphatic hydroxyl groups excluding tert-OH is 1. The van der Waals surface area contributed by atoms with Crippen molar-refractivity contribution in [2.24, 2.45) is 0 Å². The summed E-state index contributed by atoms with van der Waals surface area (Å²) in [4.78, 5) is 2.18. The maximum atomic E-state index is 13.3. The number of benzene rings is 2. The molecule has 1 aliphatic rings. The van der Waals surface area contributed by atoms with Crippen LogP contribution in [0.3, 0.4) is 0 Å². The molecule has 0 fully saturated rings. The third-order valence-electron chi connectivity index (χ3n) is 4.69. The first-order chi connectivity index (χ1) is 13.6. The molecule has 0 spiro atoms. The number of aliphatic hydroxyl groups is 1. The van der Waals surface area contributed by atoms with Gasteiger partial charge in [-0.15, -0.1) is 0 Å². The van der Waals surface area contributed by atoms with Crippen LogP contribution in [0.25, 0.3) is 5.69 Å². The minimum Gasteiger partial charge on any atom is -0.454 e. The largest absolute Gasteiger partial charge is 0.454 e. The monoisotopic (exact) mass is 382 g/mol. The number of hydrogen-bond donors (Lipinski definition) is 1. The summed E-state index contributed by atoms with van der Waals surface area (Å²) in [5.74, 6) is 1.26. The second-order valence-corrected chi connectivity index (χ2v) is 7.05. The van der Waals surface area contributed by atoms with E-state index in [2.05, 4.69) is 4.90 Å². The van der Waals surface area contributed by atoms with Crippen LogP contribution in [-0.4, -0.2) is 34.0 Å². The van der Waals surface area contributed by atoms with Gasteiger partial charge in [-0.3, -0.25) is 4.90 Å². The molecule has 0 amide bonds. The van der Waals surface area contributed by atoms with Gasteiger partial charge < -0.3 is 19.1 Å². The van der Waals surface area contributed by atoms with Gasteiger partial charge in [-0.25, -0.2) is 4.39 Å². The molecule has 146 valence electrons. The van der Waals surface area contributed by atoms with Crippen LogP contribution in [0.2, 0.25) is 0 Å². The highest BCUT2D eigenvalue weighted by atomic mass is 19.1. The van der Waals surface area contributed by atoms with Crippen LogP contribution in [0.5, 0.6) is 11.5 Å². The van der Waals surface area contributed by atoms with E-state index < -0.39 is 6.10 Å². The summed E-state index contributed by atoms with van der Waals surface area (Å²) in [7, 11) is 0. The fourth-order valence-electron chi connectivity index (χ4n) is 3.48. The van der Waals surface area contributed by atoms with Crippen molar-refractivity contribution < 1.29 is 19.0 Å². The Balaban J connectivity index is 1.54. The second kappa shape index (κ2) is 8.04. The normalized spacial score (nSPS) is 13.9. The average Bonchev–Trinajstić information content (AvgIpc) is 3.30. The van der Waals surface area contributed by atoms with Gasteiger partial charge in [0, 0.05) is 37.2 Å². The van der Waals surface area contributed by atoms with E-state index in [4.69, 9.17) is 9.47 Å². The van der Waals surface area contributed by atoms with Crippen LogP contribution in [-0.2, 0) is 13.1 Å². The van der Waals surface area contributed by atoms with Crippen LogP contribution < -0.4 is 9.47 Å². The summed E-state index contributed by atoms with van der Waals surface area (Å²) >= 11 is 0. The number of halogens is 1. The molecule has 6 heteroatoms. The third-order valence-corrected chi connectivity index (χ3v) is 4.69. The molecule has 0 saturated carbocycles. The van der Waals surface area contributed by atoms with Crippen molar-refractivity contribution in [2.45, 2.75) is 26.1 Å². The predicted octanol–water partition coefficient (Wildman–Crippen LogP) is 3.73. The predicted molar refractivity (Wildman–Crippen MR) is 104 cm³/mol. The van der Waals surface area contributed by atoms with Crippen LogP contribution in [0, 0.1) is 5.82 Å². The number of ether oxygens (including phenoxy) is 2. The Hall–Kier alpha value is -2.83. The van der Waals surface area contributed by atoms with Gasteiger partial charge in [0.15, 0.2) is 11.5 Å². The summed E-state index contributed by atoms with van der Waals surface area (Å²) in [6.07, 6.45) is 1.51. The number of fused-ring (bicyclic) bond motifs is 1. The molecule has 28 heavy (non-hydrogen) atoms. The summed E-state index contributed by atoms with van der Waals surface area (Å²) < 4.78 is 26.1. The topological polar surface area (TPSA) is 46.9 Å². The molecule has 1 aliphatic heterocycles. The SMILES string of the molecule is CC(O)CN(Cc1ccc2c(c1)OCO2)Cc1cccn1-c1ccc(F)cc1. The fraction of sp³-hybridized carbons (Fsp3) is 0.273. The highest BCUT2D eigenvalue weighted by molar-refractivity contribution is 5.44. The van der Waals surface area contributed by atoms with Gasteiger partial charge in [-0.1, -0.05) is 6.07 Å². The smallest absolute Gasteiger partial charge is 0.231 e. The molecule has 0 saturated heterocycles. The van der Waals surface area contributed by atoms with Crippen molar-refractivity contribution in [1.29, 1.82) is 0 Å². The van der Waals surface area contributed by atoms with Crippen molar-refractivity contribution in [2.75, 3.05) is 13.3 Å². The molecule has 1 aromatic heterocycles. The summed E-state index contributed by atoms with van der Waals surface area (Å²) in [5, 5.41) is 9.97. The van der Waals surface area contributed by atoms with E-state index in [9.17, 15) is 9.50 Å². The first-order valence-electron chi connectivity index (χ1n) is 9.29. The van der Waals surface area contributed by atoms with Gasteiger partial charge in [-0.2, -0.15) is 0 Å². The molecular formula is C22H23FN2O3. The van der Waals surface area contributed by atoms with Crippen molar-refractivity contribution in [3.05, 3.63) is 77.9 Å². The van der Waals surface area contributed by atoms with Gasteiger partial charge in [0.25, 0.3) is 0 Å². The molecule has 5 nitrogen and oxygen atoms in total. The minimum atomic E-state index is -0.455. The van der Waals surface area contributed by atoms with Gasteiger partial charge in [-0.05, 0) is 61.0 Å². The number of aromatic nitrogens is 1. The summed E-state index contributed by atoms with van der Waals surface area (Å²) in [6.45, 7) is 3.87. The number of rotatable bonds is 7.